The highest BCUT2D eigenvalue weighted by atomic mass is 19.4. The van der Waals surface area contributed by atoms with Gasteiger partial charge in [0.25, 0.3) is 5.91 Å². The molecule has 0 atom stereocenters. The Morgan fingerprint density at radius 2 is 1.35 bits per heavy atom. The van der Waals surface area contributed by atoms with Crippen LogP contribution in [0.4, 0.5) is 13.2 Å². The Labute approximate surface area is 350 Å². The molecular weight excluding hydrogens is 768 g/mol. The number of hydrogen-bond donors (Lipinski definition) is 3. The summed E-state index contributed by atoms with van der Waals surface area (Å²) in [6.07, 6.45) is 4.66. The maximum atomic E-state index is 14.0. The first-order chi connectivity index (χ1) is 28.9. The van der Waals surface area contributed by atoms with Crippen LogP contribution in [0.1, 0.15) is 72.0 Å². The number of hydrogen-bond acceptors (Lipinski definition) is 5. The monoisotopic (exact) mass is 821 g/mol. The fourth-order valence-electron chi connectivity index (χ4n) is 8.29. The molecule has 0 bridgehead atoms. The summed E-state index contributed by atoms with van der Waals surface area (Å²) in [7, 11) is 0. The number of aliphatic carboxylic acids is 1. The van der Waals surface area contributed by atoms with Crippen molar-refractivity contribution in [3.05, 3.63) is 138 Å². The van der Waals surface area contributed by atoms with E-state index in [2.05, 4.69) is 52.7 Å². The number of likely N-dealkylation sites (tertiary alicyclic amines) is 1. The summed E-state index contributed by atoms with van der Waals surface area (Å²) < 4.78 is 31.7. The first kappa shape index (κ1) is 43.9. The lowest BCUT2D eigenvalue weighted by molar-refractivity contribution is -0.192. The average molecular weight is 822 g/mol. The summed E-state index contributed by atoms with van der Waals surface area (Å²) in [5, 5.41) is 22.7. The number of halogens is 3. The highest BCUT2D eigenvalue weighted by Crippen LogP contribution is 2.30. The number of fused-ring (bicyclic) bond motifs is 1. The van der Waals surface area contributed by atoms with E-state index >= 15 is 0 Å². The summed E-state index contributed by atoms with van der Waals surface area (Å²) >= 11 is 0. The van der Waals surface area contributed by atoms with Crippen LogP contribution >= 0.6 is 0 Å². The van der Waals surface area contributed by atoms with Gasteiger partial charge >= 0.3 is 12.1 Å². The van der Waals surface area contributed by atoms with Gasteiger partial charge in [0.1, 0.15) is 5.75 Å². The van der Waals surface area contributed by atoms with Crippen molar-refractivity contribution in [1.29, 1.82) is 0 Å². The van der Waals surface area contributed by atoms with Gasteiger partial charge in [-0.1, -0.05) is 110 Å². The lowest BCUT2D eigenvalue weighted by Gasteiger charge is -2.33. The maximum Gasteiger partial charge on any atom is 0.490 e. The molecule has 60 heavy (non-hydrogen) atoms. The minimum Gasteiger partial charge on any atom is -0.508 e. The van der Waals surface area contributed by atoms with Gasteiger partial charge in [-0.15, -0.1) is 0 Å². The second-order valence-electron chi connectivity index (χ2n) is 16.0. The molecule has 8 nitrogen and oxygen atoms in total. The van der Waals surface area contributed by atoms with Gasteiger partial charge in [-0.3, -0.25) is 9.59 Å². The number of phenolic OH excluding ortho intramolecular Hbond substituents is 1. The van der Waals surface area contributed by atoms with Crippen LogP contribution in [0.2, 0.25) is 0 Å². The number of carboxylic acid groups (broad SMARTS) is 1. The summed E-state index contributed by atoms with van der Waals surface area (Å²) in [5.74, 6) is -0.746. The molecule has 2 heterocycles. The fraction of sp³-hybridized carbons (Fsp3) is 0.367. The van der Waals surface area contributed by atoms with Crippen molar-refractivity contribution in [2.75, 3.05) is 32.7 Å². The van der Waals surface area contributed by atoms with E-state index in [4.69, 9.17) is 9.90 Å². The number of phenols is 1. The van der Waals surface area contributed by atoms with Crippen LogP contribution in [0.3, 0.4) is 0 Å². The van der Waals surface area contributed by atoms with Crippen LogP contribution < -0.4 is 5.32 Å². The first-order valence-electron chi connectivity index (χ1n) is 20.9. The number of carboxylic acids is 1. The molecule has 3 N–H and O–H groups in total. The number of piperidine rings is 2. The molecule has 11 heteroatoms. The van der Waals surface area contributed by atoms with Crippen molar-refractivity contribution in [2.45, 2.75) is 70.5 Å². The fourth-order valence-corrected chi connectivity index (χ4v) is 8.29. The summed E-state index contributed by atoms with van der Waals surface area (Å²) in [6.45, 7) is 4.99. The Hall–Kier alpha value is -5.68. The standard InChI is InChI=1S/C47H53N3O3.C2HF3O2/c51-43-19-16-37(17-20-43)25-30-50(46(52)33-38-15-18-40-10-1-2-11-41(40)31-38)34-39-9-6-12-42(32-39)44-13-3-4-14-45(44)47(53)49-28-23-36(24-29-49)8-5-7-35-21-26-48-27-22-35;3-2(4,5)1(6)7/h1-4,6,9-20,31-32,35-36,48,51H,5,7-8,21-30,33-34H2;(H,6,7). The highest BCUT2D eigenvalue weighted by Gasteiger charge is 2.38. The average Bonchev–Trinajstić information content (AvgIpc) is 3.26. The van der Waals surface area contributed by atoms with Crippen LogP contribution in [0.15, 0.2) is 115 Å². The topological polar surface area (TPSA) is 110 Å². The zero-order valence-electron chi connectivity index (χ0n) is 33.9. The largest absolute Gasteiger partial charge is 0.508 e. The number of nitrogens with zero attached hydrogens (tertiary/aromatic N) is 2. The summed E-state index contributed by atoms with van der Waals surface area (Å²) in [6, 6.07) is 38.0. The van der Waals surface area contributed by atoms with Crippen LogP contribution in [-0.4, -0.2) is 76.7 Å². The summed E-state index contributed by atoms with van der Waals surface area (Å²) in [4.78, 5) is 40.9. The Balaban J connectivity index is 0.000000793. The molecule has 2 fully saturated rings. The van der Waals surface area contributed by atoms with Crippen molar-refractivity contribution in [1.82, 2.24) is 15.1 Å². The van der Waals surface area contributed by atoms with Crippen LogP contribution in [0, 0.1) is 11.8 Å². The lowest BCUT2D eigenvalue weighted by atomic mass is 9.87. The van der Waals surface area contributed by atoms with Crippen molar-refractivity contribution in [2.24, 2.45) is 11.8 Å². The predicted molar refractivity (Wildman–Crippen MR) is 229 cm³/mol. The Morgan fingerprint density at radius 3 is 2.05 bits per heavy atom. The molecule has 2 amide bonds. The van der Waals surface area contributed by atoms with Crippen molar-refractivity contribution >= 4 is 28.6 Å². The smallest absolute Gasteiger partial charge is 0.490 e. The van der Waals surface area contributed by atoms with E-state index in [-0.39, 0.29) is 17.6 Å². The molecule has 316 valence electrons. The van der Waals surface area contributed by atoms with Crippen LogP contribution in [0.25, 0.3) is 21.9 Å². The third-order valence-electron chi connectivity index (χ3n) is 11.7. The van der Waals surface area contributed by atoms with Crippen molar-refractivity contribution in [3.8, 4) is 16.9 Å². The Bertz CT molecular complexity index is 2200. The number of nitrogens with one attached hydrogen (secondary N) is 1. The van der Waals surface area contributed by atoms with E-state index in [1.54, 1.807) is 12.1 Å². The number of amides is 2. The van der Waals surface area contributed by atoms with E-state index in [9.17, 15) is 27.9 Å². The van der Waals surface area contributed by atoms with Gasteiger partial charge in [-0.2, -0.15) is 13.2 Å². The lowest BCUT2D eigenvalue weighted by Crippen LogP contribution is -2.38. The van der Waals surface area contributed by atoms with Crippen molar-refractivity contribution < 1.29 is 37.8 Å². The molecule has 2 aliphatic rings. The van der Waals surface area contributed by atoms with Gasteiger partial charge in [0.05, 0.1) is 6.42 Å². The minimum absolute atomic E-state index is 0.0646. The molecule has 5 aromatic carbocycles. The Morgan fingerprint density at radius 1 is 0.717 bits per heavy atom. The van der Waals surface area contributed by atoms with Gasteiger partial charge in [0, 0.05) is 31.7 Å². The molecule has 0 spiro atoms. The molecule has 0 aliphatic carbocycles. The van der Waals surface area contributed by atoms with Gasteiger partial charge in [0.15, 0.2) is 0 Å². The number of alkyl halides is 3. The minimum atomic E-state index is -5.08. The number of carbonyl (C=O) groups excluding carboxylic acids is 2. The molecule has 0 aromatic heterocycles. The Kier molecular flexibility index (Phi) is 15.4. The normalized spacial score (nSPS) is 14.9. The summed E-state index contributed by atoms with van der Waals surface area (Å²) in [5.41, 5.74) is 5.74. The van der Waals surface area contributed by atoms with E-state index in [0.717, 1.165) is 76.0 Å². The molecule has 2 saturated heterocycles. The molecule has 0 radical (unpaired) electrons. The van der Waals surface area contributed by atoms with Crippen molar-refractivity contribution in [3.63, 3.8) is 0 Å². The SMILES string of the molecule is O=C(Cc1ccc2ccccc2c1)N(CCc1ccc(O)cc1)Cc1cccc(-c2ccccc2C(=O)N2CCC(CCCC3CCNCC3)CC2)c1.O=C(O)C(F)(F)F. The van der Waals surface area contributed by atoms with Gasteiger partial charge in [0.2, 0.25) is 5.91 Å². The van der Waals surface area contributed by atoms with Gasteiger partial charge in [-0.25, -0.2) is 4.79 Å². The second kappa shape index (κ2) is 21.0. The zero-order chi connectivity index (χ0) is 42.5. The molecule has 7 rings (SSSR count). The van der Waals surface area contributed by atoms with Gasteiger partial charge in [-0.05, 0) is 120 Å². The highest BCUT2D eigenvalue weighted by molar-refractivity contribution is 6.01. The predicted octanol–water partition coefficient (Wildman–Crippen LogP) is 9.68. The molecule has 2 aliphatic heterocycles. The van der Waals surface area contributed by atoms with Crippen LogP contribution in [0.5, 0.6) is 5.75 Å². The third kappa shape index (κ3) is 12.7. The quantitative estimate of drug-likeness (QED) is 0.109. The molecule has 5 aromatic rings. The number of benzene rings is 5. The maximum absolute atomic E-state index is 14.0. The van der Waals surface area contributed by atoms with Gasteiger partial charge < -0.3 is 25.3 Å². The zero-order valence-corrected chi connectivity index (χ0v) is 33.9. The van der Waals surface area contributed by atoms with E-state index in [1.807, 2.05) is 65.6 Å². The van der Waals surface area contributed by atoms with E-state index < -0.39 is 12.1 Å². The van der Waals surface area contributed by atoms with E-state index in [1.165, 1.54) is 45.2 Å². The number of aromatic hydroxyl groups is 1. The molecule has 0 unspecified atom stereocenters. The number of rotatable bonds is 13. The second-order valence-corrected chi connectivity index (χ2v) is 16.0. The van der Waals surface area contributed by atoms with E-state index in [0.29, 0.717) is 31.8 Å². The third-order valence-corrected chi connectivity index (χ3v) is 11.7. The van der Waals surface area contributed by atoms with Crippen LogP contribution in [-0.2, 0) is 29.0 Å². The number of carbonyl (C=O) groups is 3. The first-order valence-corrected chi connectivity index (χ1v) is 20.9. The molecule has 0 saturated carbocycles. The molecular formula is C49H54F3N3O5.